The van der Waals surface area contributed by atoms with Crippen LogP contribution in [0.1, 0.15) is 32.9 Å². The van der Waals surface area contributed by atoms with Crippen LogP contribution >= 0.6 is 0 Å². The fourth-order valence-corrected chi connectivity index (χ4v) is 3.45. The second kappa shape index (κ2) is 6.77. The van der Waals surface area contributed by atoms with Crippen LogP contribution in [-0.4, -0.2) is 22.0 Å². The molecule has 1 aromatic heterocycles. The van der Waals surface area contributed by atoms with Gasteiger partial charge in [0.05, 0.1) is 22.4 Å². The lowest BCUT2D eigenvalue weighted by Crippen LogP contribution is -2.04. The molecule has 1 amide bonds. The van der Waals surface area contributed by atoms with Gasteiger partial charge in [-0.1, -0.05) is 18.2 Å². The van der Waals surface area contributed by atoms with Crippen LogP contribution in [0.15, 0.2) is 42.5 Å². The average molecular weight is 387 g/mol. The summed E-state index contributed by atoms with van der Waals surface area (Å²) in [5.74, 6) is -2.11. The van der Waals surface area contributed by atoms with Crippen LogP contribution in [0.2, 0.25) is 0 Å². The Morgan fingerprint density at radius 3 is 2.76 bits per heavy atom. The fraction of sp³-hybridized carbons (Fsp3) is 0.0455. The first-order valence-electron chi connectivity index (χ1n) is 8.68. The van der Waals surface area contributed by atoms with E-state index in [9.17, 15) is 19.1 Å². The van der Waals surface area contributed by atoms with Crippen LogP contribution < -0.4 is 5.32 Å². The number of aryl methyl sites for hydroxylation is 1. The molecule has 1 aliphatic rings. The molecule has 0 spiro atoms. The molecule has 3 N–H and O–H groups in total. The number of rotatable bonds is 3. The number of nitrogens with one attached hydrogen (secondary N) is 2. The van der Waals surface area contributed by atoms with E-state index < -0.39 is 11.8 Å². The van der Waals surface area contributed by atoms with Crippen molar-refractivity contribution in [1.29, 1.82) is 5.26 Å². The molecule has 0 radical (unpaired) electrons. The summed E-state index contributed by atoms with van der Waals surface area (Å²) in [7, 11) is 0. The molecule has 0 saturated heterocycles. The first-order chi connectivity index (χ1) is 13.9. The molecular formula is C22H14FN3O3. The quantitative estimate of drug-likeness (QED) is 0.586. The number of halogens is 1. The maximum atomic E-state index is 13.7. The summed E-state index contributed by atoms with van der Waals surface area (Å²) in [6.07, 6.45) is 1.50. The highest BCUT2D eigenvalue weighted by molar-refractivity contribution is 6.36. The molecule has 1 aliphatic heterocycles. The molecule has 0 fully saturated rings. The molecule has 3 aromatic rings. The van der Waals surface area contributed by atoms with E-state index in [1.165, 1.54) is 30.3 Å². The maximum absolute atomic E-state index is 13.7. The van der Waals surface area contributed by atoms with Gasteiger partial charge in [0.15, 0.2) is 0 Å². The SMILES string of the molecule is Cc1cc(C(=O)O)c(/C=C2\C(=O)Nc3cccc(-c4ccc(F)c(C#N)c4)c32)[nH]1. The number of H-pyrrole nitrogens is 1. The molecule has 4 rings (SSSR count). The molecule has 7 heteroatoms. The normalized spacial score (nSPS) is 13.8. The summed E-state index contributed by atoms with van der Waals surface area (Å²) in [6, 6.07) is 12.7. The fourth-order valence-electron chi connectivity index (χ4n) is 3.45. The number of nitriles is 1. The average Bonchev–Trinajstić information content (AvgIpc) is 3.22. The van der Waals surface area contributed by atoms with Crippen molar-refractivity contribution >= 4 is 29.2 Å². The minimum Gasteiger partial charge on any atom is -0.478 e. The van der Waals surface area contributed by atoms with Crippen molar-refractivity contribution in [3.05, 3.63) is 76.4 Å². The summed E-state index contributed by atoms with van der Waals surface area (Å²) >= 11 is 0. The zero-order valence-corrected chi connectivity index (χ0v) is 15.2. The first-order valence-corrected chi connectivity index (χ1v) is 8.68. The number of carbonyl (C=O) groups excluding carboxylic acids is 1. The van der Waals surface area contributed by atoms with Gasteiger partial charge >= 0.3 is 5.97 Å². The van der Waals surface area contributed by atoms with E-state index >= 15 is 0 Å². The smallest absolute Gasteiger partial charge is 0.337 e. The number of benzene rings is 2. The van der Waals surface area contributed by atoms with Gasteiger partial charge in [0.25, 0.3) is 5.91 Å². The minimum atomic E-state index is -1.11. The number of aromatic nitrogens is 1. The van der Waals surface area contributed by atoms with Gasteiger partial charge in [0.1, 0.15) is 11.9 Å². The van der Waals surface area contributed by atoms with Crippen molar-refractivity contribution in [2.45, 2.75) is 6.92 Å². The molecule has 142 valence electrons. The predicted octanol–water partition coefficient (Wildman–Crippen LogP) is 4.19. The topological polar surface area (TPSA) is 106 Å². The lowest BCUT2D eigenvalue weighted by molar-refractivity contribution is -0.110. The van der Waals surface area contributed by atoms with E-state index in [4.69, 9.17) is 5.26 Å². The highest BCUT2D eigenvalue weighted by Gasteiger charge is 2.28. The van der Waals surface area contributed by atoms with Crippen LogP contribution in [0.5, 0.6) is 0 Å². The summed E-state index contributed by atoms with van der Waals surface area (Å²) in [6.45, 7) is 1.73. The number of hydrogen-bond acceptors (Lipinski definition) is 3. The Bertz CT molecular complexity index is 1260. The van der Waals surface area contributed by atoms with Crippen molar-refractivity contribution < 1.29 is 19.1 Å². The number of fused-ring (bicyclic) bond motifs is 1. The van der Waals surface area contributed by atoms with E-state index in [1.54, 1.807) is 25.1 Å². The summed E-state index contributed by atoms with van der Waals surface area (Å²) in [4.78, 5) is 27.1. The van der Waals surface area contributed by atoms with E-state index in [1.807, 2.05) is 6.07 Å². The van der Waals surface area contributed by atoms with Gasteiger partial charge in [-0.15, -0.1) is 0 Å². The summed E-state index contributed by atoms with van der Waals surface area (Å²) in [5, 5.41) is 21.3. The molecule has 0 saturated carbocycles. The third-order valence-corrected chi connectivity index (χ3v) is 4.73. The second-order valence-corrected chi connectivity index (χ2v) is 6.63. The number of nitrogens with zero attached hydrogens (tertiary/aromatic N) is 1. The lowest BCUT2D eigenvalue weighted by Gasteiger charge is -2.09. The number of carboxylic acids is 1. The van der Waals surface area contributed by atoms with Gasteiger partial charge in [0.2, 0.25) is 0 Å². The van der Waals surface area contributed by atoms with Crippen molar-refractivity contribution in [3.63, 3.8) is 0 Å². The minimum absolute atomic E-state index is 0.0577. The molecular weight excluding hydrogens is 373 g/mol. The Kier molecular flexibility index (Phi) is 4.24. The van der Waals surface area contributed by atoms with Gasteiger partial charge in [-0.05, 0) is 48.4 Å². The molecule has 2 aromatic carbocycles. The van der Waals surface area contributed by atoms with Gasteiger partial charge in [-0.2, -0.15) is 5.26 Å². The molecule has 29 heavy (non-hydrogen) atoms. The summed E-state index contributed by atoms with van der Waals surface area (Å²) in [5.41, 5.74) is 3.52. The third kappa shape index (κ3) is 3.07. The van der Waals surface area contributed by atoms with Gasteiger partial charge in [0, 0.05) is 16.9 Å². The third-order valence-electron chi connectivity index (χ3n) is 4.73. The Hall–Kier alpha value is -4.18. The number of carboxylic acid groups (broad SMARTS) is 1. The number of hydrogen-bond donors (Lipinski definition) is 3. The molecule has 6 nitrogen and oxygen atoms in total. The van der Waals surface area contributed by atoms with Crippen LogP contribution in [0, 0.1) is 24.1 Å². The molecule has 2 heterocycles. The van der Waals surface area contributed by atoms with Crippen molar-refractivity contribution in [2.75, 3.05) is 5.32 Å². The molecule has 0 unspecified atom stereocenters. The Morgan fingerprint density at radius 2 is 2.03 bits per heavy atom. The highest BCUT2D eigenvalue weighted by Crippen LogP contribution is 2.40. The molecule has 0 aliphatic carbocycles. The lowest BCUT2D eigenvalue weighted by atomic mass is 9.93. The number of carbonyl (C=O) groups is 2. The monoisotopic (exact) mass is 387 g/mol. The number of anilines is 1. The second-order valence-electron chi connectivity index (χ2n) is 6.63. The molecule has 0 atom stereocenters. The Balaban J connectivity index is 1.93. The van der Waals surface area contributed by atoms with E-state index in [0.29, 0.717) is 33.8 Å². The first kappa shape index (κ1) is 18.2. The van der Waals surface area contributed by atoms with Crippen molar-refractivity contribution in [1.82, 2.24) is 4.98 Å². The van der Waals surface area contributed by atoms with Gasteiger partial charge in [-0.25, -0.2) is 9.18 Å². The van der Waals surface area contributed by atoms with E-state index in [0.717, 1.165) is 0 Å². The highest BCUT2D eigenvalue weighted by atomic mass is 19.1. The van der Waals surface area contributed by atoms with Crippen LogP contribution in [0.25, 0.3) is 22.8 Å². The Morgan fingerprint density at radius 1 is 1.24 bits per heavy atom. The maximum Gasteiger partial charge on any atom is 0.337 e. The van der Waals surface area contributed by atoms with Crippen LogP contribution in [0.3, 0.4) is 0 Å². The van der Waals surface area contributed by atoms with Crippen molar-refractivity contribution in [3.8, 4) is 17.2 Å². The summed E-state index contributed by atoms with van der Waals surface area (Å²) < 4.78 is 13.7. The number of amides is 1. The Labute approximate surface area is 164 Å². The van der Waals surface area contributed by atoms with Gasteiger partial charge in [-0.3, -0.25) is 4.79 Å². The largest absolute Gasteiger partial charge is 0.478 e. The number of aromatic carboxylic acids is 1. The predicted molar refractivity (Wildman–Crippen MR) is 106 cm³/mol. The van der Waals surface area contributed by atoms with E-state index in [-0.39, 0.29) is 22.6 Å². The standard InChI is InChI=1S/C22H14FN3O3/c1-11-7-15(22(28)29)19(25-11)9-16-20-14(3-2-4-18(20)26-21(16)27)12-5-6-17(23)13(8-12)10-24/h2-9,25H,1H3,(H,26,27)(H,28,29)/b16-9-. The molecule has 0 bridgehead atoms. The van der Waals surface area contributed by atoms with Gasteiger partial charge < -0.3 is 15.4 Å². The van der Waals surface area contributed by atoms with Crippen LogP contribution in [-0.2, 0) is 4.79 Å². The van der Waals surface area contributed by atoms with Crippen LogP contribution in [0.4, 0.5) is 10.1 Å². The zero-order valence-electron chi connectivity index (χ0n) is 15.2. The van der Waals surface area contributed by atoms with Crippen molar-refractivity contribution in [2.24, 2.45) is 0 Å². The van der Waals surface area contributed by atoms with E-state index in [2.05, 4.69) is 10.3 Å². The number of aromatic amines is 1. The zero-order chi connectivity index (χ0) is 20.7.